The second kappa shape index (κ2) is 7.78. The maximum atomic E-state index is 12.4. The van der Waals surface area contributed by atoms with Gasteiger partial charge in [-0.2, -0.15) is 13.2 Å². The highest BCUT2D eigenvalue weighted by Crippen LogP contribution is 2.23. The van der Waals surface area contributed by atoms with Crippen LogP contribution in [0.15, 0.2) is 53.4 Å². The summed E-state index contributed by atoms with van der Waals surface area (Å²) in [7, 11) is -3.44. The van der Waals surface area contributed by atoms with Crippen molar-refractivity contribution in [1.82, 2.24) is 0 Å². The minimum Gasteiger partial charge on any atom is -0.465 e. The Labute approximate surface area is 152 Å². The summed E-state index contributed by atoms with van der Waals surface area (Å²) in [5.74, 6) is -3.39. The predicted octanol–water partition coefficient (Wildman–Crippen LogP) is 3.06. The van der Waals surface area contributed by atoms with Gasteiger partial charge in [-0.15, -0.1) is 0 Å². The number of benzene rings is 2. The fraction of sp³-hybridized carbons (Fsp3) is 0.176. The Kier molecular flexibility index (Phi) is 5.89. The Morgan fingerprint density at radius 1 is 1.04 bits per heavy atom. The number of alkyl halides is 3. The number of nitrogens with one attached hydrogen (secondary N) is 1. The highest BCUT2D eigenvalue weighted by Gasteiger charge is 2.36. The van der Waals surface area contributed by atoms with E-state index in [4.69, 9.17) is 0 Å². The van der Waals surface area contributed by atoms with E-state index in [9.17, 15) is 31.2 Å². The number of carbonyl (C=O) groups excluding carboxylic acids is 2. The van der Waals surface area contributed by atoms with E-state index in [-0.39, 0.29) is 16.8 Å². The summed E-state index contributed by atoms with van der Waals surface area (Å²) in [6.45, 7) is 0. The molecule has 1 N–H and O–H groups in total. The smallest absolute Gasteiger partial charge is 0.403 e. The minimum atomic E-state index is -4.90. The molecule has 27 heavy (non-hydrogen) atoms. The summed E-state index contributed by atoms with van der Waals surface area (Å²) >= 11 is 0. The fourth-order valence-electron chi connectivity index (χ4n) is 2.17. The van der Waals surface area contributed by atoms with Crippen molar-refractivity contribution in [2.45, 2.75) is 11.1 Å². The number of esters is 1. The van der Waals surface area contributed by atoms with Crippen molar-refractivity contribution >= 4 is 27.4 Å². The molecule has 0 bridgehead atoms. The molecule has 2 aromatic carbocycles. The molecule has 6 nitrogen and oxygen atoms in total. The molecular weight excluding hydrogens is 387 g/mol. The van der Waals surface area contributed by atoms with Crippen molar-refractivity contribution < 1.29 is 35.9 Å². The van der Waals surface area contributed by atoms with Gasteiger partial charge < -0.3 is 10.1 Å². The first-order valence-electron chi connectivity index (χ1n) is 7.41. The molecule has 2 aromatic rings. The van der Waals surface area contributed by atoms with E-state index in [0.717, 1.165) is 12.1 Å². The SMILES string of the molecule is COC(=O)c1cccc(NC(=O)c2cccc(S(=O)(=O)CC(F)(F)F)c2)c1. The number of amides is 1. The lowest BCUT2D eigenvalue weighted by molar-refractivity contribution is -0.106. The third kappa shape index (κ3) is 5.55. The maximum absolute atomic E-state index is 12.4. The topological polar surface area (TPSA) is 89.5 Å². The molecular formula is C17H14F3NO5S. The standard InChI is InChI=1S/C17H14F3NO5S/c1-26-16(23)12-5-2-6-13(8-12)21-15(22)11-4-3-7-14(9-11)27(24,25)10-17(18,19)20/h2-9H,10H2,1H3,(H,21,22). The van der Waals surface area contributed by atoms with E-state index >= 15 is 0 Å². The molecule has 0 saturated heterocycles. The number of hydrogen-bond donors (Lipinski definition) is 1. The van der Waals surface area contributed by atoms with E-state index < -0.39 is 38.5 Å². The molecule has 0 spiro atoms. The van der Waals surface area contributed by atoms with Crippen LogP contribution in [0.4, 0.5) is 18.9 Å². The van der Waals surface area contributed by atoms with Crippen LogP contribution >= 0.6 is 0 Å². The van der Waals surface area contributed by atoms with Gasteiger partial charge in [0, 0.05) is 11.3 Å². The van der Waals surface area contributed by atoms with Gasteiger partial charge in [-0.1, -0.05) is 12.1 Å². The number of sulfone groups is 1. The second-order valence-corrected chi connectivity index (χ2v) is 7.42. The minimum absolute atomic E-state index is 0.151. The molecule has 0 aliphatic heterocycles. The normalized spacial score (nSPS) is 11.7. The number of halogens is 3. The first-order chi connectivity index (χ1) is 12.5. The van der Waals surface area contributed by atoms with Crippen molar-refractivity contribution in [2.24, 2.45) is 0 Å². The van der Waals surface area contributed by atoms with E-state index in [1.165, 1.54) is 43.5 Å². The van der Waals surface area contributed by atoms with Gasteiger partial charge in [0.05, 0.1) is 17.6 Å². The van der Waals surface area contributed by atoms with Crippen molar-refractivity contribution in [3.8, 4) is 0 Å². The predicted molar refractivity (Wildman–Crippen MR) is 90.3 cm³/mol. The average molecular weight is 401 g/mol. The van der Waals surface area contributed by atoms with Crippen LogP contribution in [0.25, 0.3) is 0 Å². The van der Waals surface area contributed by atoms with Gasteiger partial charge in [-0.05, 0) is 36.4 Å². The van der Waals surface area contributed by atoms with E-state index in [0.29, 0.717) is 0 Å². The highest BCUT2D eigenvalue weighted by atomic mass is 32.2. The number of hydrogen-bond acceptors (Lipinski definition) is 5. The van der Waals surface area contributed by atoms with Gasteiger partial charge in [0.25, 0.3) is 5.91 Å². The number of carbonyl (C=O) groups is 2. The van der Waals surface area contributed by atoms with Crippen molar-refractivity contribution in [3.05, 3.63) is 59.7 Å². The maximum Gasteiger partial charge on any atom is 0.403 e. The molecule has 0 aliphatic carbocycles. The number of rotatable bonds is 5. The van der Waals surface area contributed by atoms with Gasteiger partial charge in [0.1, 0.15) is 0 Å². The largest absolute Gasteiger partial charge is 0.465 e. The summed E-state index contributed by atoms with van der Waals surface area (Å²) in [6, 6.07) is 10.0. The van der Waals surface area contributed by atoms with Gasteiger partial charge in [-0.3, -0.25) is 4.79 Å². The summed E-state index contributed by atoms with van der Waals surface area (Å²) in [4.78, 5) is 23.2. The lowest BCUT2D eigenvalue weighted by Crippen LogP contribution is -2.23. The summed E-state index contributed by atoms with van der Waals surface area (Å²) in [6.07, 6.45) is -4.90. The Balaban J connectivity index is 2.25. The average Bonchev–Trinajstić information content (AvgIpc) is 2.59. The Hall–Kier alpha value is -2.88. The van der Waals surface area contributed by atoms with Crippen molar-refractivity contribution in [2.75, 3.05) is 18.2 Å². The van der Waals surface area contributed by atoms with Crippen molar-refractivity contribution in [3.63, 3.8) is 0 Å². The summed E-state index contributed by atoms with van der Waals surface area (Å²) in [5.41, 5.74) is 0.255. The van der Waals surface area contributed by atoms with E-state index in [1.54, 1.807) is 0 Å². The van der Waals surface area contributed by atoms with Crippen molar-refractivity contribution in [1.29, 1.82) is 0 Å². The Bertz CT molecular complexity index is 971. The number of methoxy groups -OCH3 is 1. The summed E-state index contributed by atoms with van der Waals surface area (Å²) < 4.78 is 65.5. The van der Waals surface area contributed by atoms with Gasteiger partial charge >= 0.3 is 12.1 Å². The Morgan fingerprint density at radius 3 is 2.30 bits per heavy atom. The highest BCUT2D eigenvalue weighted by molar-refractivity contribution is 7.91. The van der Waals surface area contributed by atoms with Crippen LogP contribution in [0, 0.1) is 0 Å². The molecule has 0 radical (unpaired) electrons. The van der Waals surface area contributed by atoms with Crippen LogP contribution in [0.1, 0.15) is 20.7 Å². The third-order valence-corrected chi connectivity index (χ3v) is 5.03. The van der Waals surface area contributed by atoms with Crippen LogP contribution in [-0.4, -0.2) is 39.3 Å². The molecule has 0 saturated carbocycles. The molecule has 1 amide bonds. The lowest BCUT2D eigenvalue weighted by Gasteiger charge is -2.10. The third-order valence-electron chi connectivity index (χ3n) is 3.35. The van der Waals surface area contributed by atoms with Gasteiger partial charge in [-0.25, -0.2) is 13.2 Å². The molecule has 10 heteroatoms. The summed E-state index contributed by atoms with van der Waals surface area (Å²) in [5, 5.41) is 2.44. The Morgan fingerprint density at radius 2 is 1.67 bits per heavy atom. The molecule has 144 valence electrons. The van der Waals surface area contributed by atoms with Gasteiger partial charge in [0.2, 0.25) is 0 Å². The lowest BCUT2D eigenvalue weighted by atomic mass is 10.1. The van der Waals surface area contributed by atoms with Crippen LogP contribution in [-0.2, 0) is 14.6 Å². The molecule has 2 rings (SSSR count). The molecule has 0 heterocycles. The van der Waals surface area contributed by atoms with Crippen LogP contribution in [0.5, 0.6) is 0 Å². The van der Waals surface area contributed by atoms with Crippen LogP contribution in [0.2, 0.25) is 0 Å². The zero-order valence-electron chi connectivity index (χ0n) is 13.9. The molecule has 0 fully saturated rings. The van der Waals surface area contributed by atoms with E-state index in [1.807, 2.05) is 0 Å². The van der Waals surface area contributed by atoms with Gasteiger partial charge in [0.15, 0.2) is 15.6 Å². The number of ether oxygens (including phenoxy) is 1. The number of anilines is 1. The zero-order valence-corrected chi connectivity index (χ0v) is 14.7. The molecule has 0 aromatic heterocycles. The van der Waals surface area contributed by atoms with Crippen LogP contribution < -0.4 is 5.32 Å². The zero-order chi connectivity index (χ0) is 20.2. The van der Waals surface area contributed by atoms with Crippen LogP contribution in [0.3, 0.4) is 0 Å². The molecule has 0 aliphatic rings. The molecule has 0 atom stereocenters. The quantitative estimate of drug-likeness (QED) is 0.778. The van der Waals surface area contributed by atoms with E-state index in [2.05, 4.69) is 10.1 Å². The molecule has 0 unspecified atom stereocenters. The first kappa shape index (κ1) is 20.4. The fourth-order valence-corrected chi connectivity index (χ4v) is 3.36. The first-order valence-corrected chi connectivity index (χ1v) is 9.06. The monoisotopic (exact) mass is 401 g/mol. The second-order valence-electron chi connectivity index (χ2n) is 5.43.